The molecule has 3 rings (SSSR count). The van der Waals surface area contributed by atoms with Gasteiger partial charge in [-0.3, -0.25) is 10.1 Å². The number of aromatic nitrogens is 1. The molecule has 0 atom stereocenters. The van der Waals surface area contributed by atoms with E-state index in [4.69, 9.17) is 12.2 Å². The highest BCUT2D eigenvalue weighted by Crippen LogP contribution is 2.17. The molecule has 1 aromatic heterocycles. The van der Waals surface area contributed by atoms with Crippen LogP contribution < -0.4 is 10.6 Å². The number of fused-ring (bicyclic) bond motifs is 1. The maximum atomic E-state index is 12.3. The van der Waals surface area contributed by atoms with Crippen molar-refractivity contribution in [1.82, 2.24) is 15.6 Å². The van der Waals surface area contributed by atoms with Gasteiger partial charge in [-0.1, -0.05) is 48.5 Å². The van der Waals surface area contributed by atoms with E-state index in [2.05, 4.69) is 15.6 Å². The number of carbonyl (C=O) groups excluding carboxylic acids is 1. The van der Waals surface area contributed by atoms with Gasteiger partial charge in [-0.2, -0.15) is 0 Å². The summed E-state index contributed by atoms with van der Waals surface area (Å²) in [6.07, 6.45) is 1.69. The van der Waals surface area contributed by atoms with E-state index < -0.39 is 0 Å². The van der Waals surface area contributed by atoms with Gasteiger partial charge in [0.2, 0.25) is 0 Å². The van der Waals surface area contributed by atoms with Crippen LogP contribution in [0.3, 0.4) is 0 Å². The molecule has 0 unspecified atom stereocenters. The van der Waals surface area contributed by atoms with Gasteiger partial charge >= 0.3 is 0 Å². The molecule has 4 nitrogen and oxygen atoms in total. The maximum absolute atomic E-state index is 12.3. The fraction of sp³-hybridized carbons (Fsp3) is 0.0588. The summed E-state index contributed by atoms with van der Waals surface area (Å²) in [4.78, 5) is 15.4. The highest BCUT2D eigenvalue weighted by Gasteiger charge is 2.12. The molecule has 0 fully saturated rings. The lowest BCUT2D eigenvalue weighted by Gasteiger charge is -2.09. The second kappa shape index (κ2) is 6.41. The van der Waals surface area contributed by atoms with Gasteiger partial charge in [-0.25, -0.2) is 0 Å². The summed E-state index contributed by atoms with van der Waals surface area (Å²) in [6.45, 7) is 0.577. The van der Waals surface area contributed by atoms with Gasteiger partial charge in [0.05, 0.1) is 5.56 Å². The summed E-state index contributed by atoms with van der Waals surface area (Å²) in [6, 6.07) is 17.5. The Hall–Kier alpha value is -2.66. The Morgan fingerprint density at radius 1 is 1.05 bits per heavy atom. The summed E-state index contributed by atoms with van der Waals surface area (Å²) in [7, 11) is 0. The average Bonchev–Trinajstić information content (AvgIpc) is 2.98. The molecule has 0 radical (unpaired) electrons. The van der Waals surface area contributed by atoms with Gasteiger partial charge in [-0.15, -0.1) is 0 Å². The average molecular weight is 309 g/mol. The van der Waals surface area contributed by atoms with Crippen molar-refractivity contribution in [2.24, 2.45) is 0 Å². The van der Waals surface area contributed by atoms with Crippen LogP contribution in [0.1, 0.15) is 15.9 Å². The van der Waals surface area contributed by atoms with Gasteiger partial charge in [0.15, 0.2) is 5.11 Å². The molecular weight excluding hydrogens is 294 g/mol. The van der Waals surface area contributed by atoms with Gasteiger partial charge in [0, 0.05) is 23.6 Å². The second-order valence-electron chi connectivity index (χ2n) is 4.87. The van der Waals surface area contributed by atoms with Crippen LogP contribution in [0.5, 0.6) is 0 Å². The van der Waals surface area contributed by atoms with Crippen LogP contribution >= 0.6 is 12.2 Å². The minimum absolute atomic E-state index is 0.219. The van der Waals surface area contributed by atoms with Gasteiger partial charge in [-0.05, 0) is 23.8 Å². The highest BCUT2D eigenvalue weighted by atomic mass is 32.1. The summed E-state index contributed by atoms with van der Waals surface area (Å²) >= 11 is 5.17. The molecular formula is C17H15N3OS. The number of amides is 1. The molecule has 0 spiro atoms. The lowest BCUT2D eigenvalue weighted by Crippen LogP contribution is -2.38. The first kappa shape index (κ1) is 14.3. The molecule has 0 aliphatic carbocycles. The zero-order valence-electron chi connectivity index (χ0n) is 11.8. The number of H-pyrrole nitrogens is 1. The zero-order chi connectivity index (χ0) is 15.4. The van der Waals surface area contributed by atoms with Crippen LogP contribution in [0.25, 0.3) is 10.9 Å². The van der Waals surface area contributed by atoms with E-state index in [1.165, 1.54) is 0 Å². The molecule has 3 N–H and O–H groups in total. The van der Waals surface area contributed by atoms with Crippen LogP contribution in [0.15, 0.2) is 60.8 Å². The van der Waals surface area contributed by atoms with E-state index in [-0.39, 0.29) is 5.91 Å². The fourth-order valence-corrected chi connectivity index (χ4v) is 2.42. The van der Waals surface area contributed by atoms with E-state index in [1.54, 1.807) is 6.20 Å². The molecule has 1 amide bonds. The SMILES string of the molecule is O=C(NC(=S)NCc1ccccc1)c1c[nH]c2ccccc12. The lowest BCUT2D eigenvalue weighted by molar-refractivity contribution is 0.0978. The number of nitrogens with one attached hydrogen (secondary N) is 3. The minimum Gasteiger partial charge on any atom is -0.360 e. The summed E-state index contributed by atoms with van der Waals surface area (Å²) < 4.78 is 0. The predicted octanol–water partition coefficient (Wildman–Crippen LogP) is 2.97. The van der Waals surface area contributed by atoms with Crippen molar-refractivity contribution in [3.05, 3.63) is 71.9 Å². The standard InChI is InChI=1S/C17H15N3OS/c21-16(14-11-18-15-9-5-4-8-13(14)15)20-17(22)19-10-12-6-2-1-3-7-12/h1-9,11,18H,10H2,(H2,19,20,21,22). The van der Waals surface area contributed by atoms with Crippen molar-refractivity contribution >= 4 is 34.1 Å². The van der Waals surface area contributed by atoms with Crippen LogP contribution in [0.4, 0.5) is 0 Å². The number of hydrogen-bond acceptors (Lipinski definition) is 2. The molecule has 110 valence electrons. The van der Waals surface area contributed by atoms with E-state index in [0.717, 1.165) is 16.5 Å². The lowest BCUT2D eigenvalue weighted by atomic mass is 10.1. The molecule has 0 saturated heterocycles. The number of hydrogen-bond donors (Lipinski definition) is 3. The number of carbonyl (C=O) groups is 1. The molecule has 5 heteroatoms. The molecule has 3 aromatic rings. The highest BCUT2D eigenvalue weighted by molar-refractivity contribution is 7.80. The van der Waals surface area contributed by atoms with Gasteiger partial charge in [0.25, 0.3) is 5.91 Å². The monoisotopic (exact) mass is 309 g/mol. The topological polar surface area (TPSA) is 56.9 Å². The summed E-state index contributed by atoms with van der Waals surface area (Å²) in [5.41, 5.74) is 2.61. The normalized spacial score (nSPS) is 10.4. The molecule has 0 bridgehead atoms. The first-order valence-corrected chi connectivity index (χ1v) is 7.34. The van der Waals surface area contributed by atoms with Crippen molar-refractivity contribution in [3.63, 3.8) is 0 Å². The summed E-state index contributed by atoms with van der Waals surface area (Å²) in [5.74, 6) is -0.219. The first-order valence-electron chi connectivity index (χ1n) is 6.93. The minimum atomic E-state index is -0.219. The Morgan fingerprint density at radius 3 is 2.59 bits per heavy atom. The largest absolute Gasteiger partial charge is 0.360 e. The van der Waals surface area contributed by atoms with Gasteiger partial charge < -0.3 is 10.3 Å². The van der Waals surface area contributed by atoms with Crippen molar-refractivity contribution in [3.8, 4) is 0 Å². The molecule has 0 aliphatic heterocycles. The third-order valence-electron chi connectivity index (χ3n) is 3.36. The first-order chi connectivity index (χ1) is 10.7. The molecule has 0 saturated carbocycles. The maximum Gasteiger partial charge on any atom is 0.259 e. The summed E-state index contributed by atoms with van der Waals surface area (Å²) in [5, 5.41) is 6.93. The Balaban J connectivity index is 1.63. The van der Waals surface area contributed by atoms with E-state index in [1.807, 2.05) is 54.6 Å². The molecule has 0 aliphatic rings. The Morgan fingerprint density at radius 2 is 1.77 bits per heavy atom. The Bertz CT molecular complexity index is 811. The number of rotatable bonds is 3. The van der Waals surface area contributed by atoms with Crippen LogP contribution in [-0.2, 0) is 6.54 Å². The van der Waals surface area contributed by atoms with Crippen LogP contribution in [0, 0.1) is 0 Å². The molecule has 2 aromatic carbocycles. The number of thiocarbonyl (C=S) groups is 1. The number of aromatic amines is 1. The second-order valence-corrected chi connectivity index (χ2v) is 5.28. The zero-order valence-corrected chi connectivity index (χ0v) is 12.6. The van der Waals surface area contributed by atoms with Crippen molar-refractivity contribution in [1.29, 1.82) is 0 Å². The van der Waals surface area contributed by atoms with E-state index >= 15 is 0 Å². The Kier molecular flexibility index (Phi) is 4.16. The van der Waals surface area contributed by atoms with Crippen LogP contribution in [-0.4, -0.2) is 16.0 Å². The van der Waals surface area contributed by atoms with E-state index in [0.29, 0.717) is 17.2 Å². The van der Waals surface area contributed by atoms with E-state index in [9.17, 15) is 4.79 Å². The molecule has 22 heavy (non-hydrogen) atoms. The quantitative estimate of drug-likeness (QED) is 0.652. The Labute approximate surface area is 133 Å². The number of benzene rings is 2. The smallest absolute Gasteiger partial charge is 0.259 e. The predicted molar refractivity (Wildman–Crippen MR) is 91.6 cm³/mol. The fourth-order valence-electron chi connectivity index (χ4n) is 2.25. The van der Waals surface area contributed by atoms with Crippen LogP contribution in [0.2, 0.25) is 0 Å². The van der Waals surface area contributed by atoms with Crippen molar-refractivity contribution in [2.75, 3.05) is 0 Å². The third-order valence-corrected chi connectivity index (χ3v) is 3.60. The number of para-hydroxylation sites is 1. The van der Waals surface area contributed by atoms with Crippen molar-refractivity contribution in [2.45, 2.75) is 6.54 Å². The molecule has 1 heterocycles. The third kappa shape index (κ3) is 3.15. The van der Waals surface area contributed by atoms with Gasteiger partial charge in [0.1, 0.15) is 0 Å². The van der Waals surface area contributed by atoms with Crippen molar-refractivity contribution < 1.29 is 4.79 Å².